The summed E-state index contributed by atoms with van der Waals surface area (Å²) in [5.41, 5.74) is 0.720. The maximum atomic E-state index is 12.5. The van der Waals surface area contributed by atoms with Crippen molar-refractivity contribution in [1.82, 2.24) is 9.80 Å². The highest BCUT2D eigenvalue weighted by Crippen LogP contribution is 2.22. The van der Waals surface area contributed by atoms with Crippen LogP contribution < -0.4 is 0 Å². The van der Waals surface area contributed by atoms with Crippen LogP contribution in [0.2, 0.25) is 5.02 Å². The lowest BCUT2D eigenvalue weighted by Gasteiger charge is -2.40. The Morgan fingerprint density at radius 2 is 2.09 bits per heavy atom. The summed E-state index contributed by atoms with van der Waals surface area (Å²) in [4.78, 5) is 3.42. The molecule has 0 saturated carbocycles. The van der Waals surface area contributed by atoms with E-state index in [9.17, 15) is 18.3 Å². The molecule has 0 aromatic heterocycles. The Balaban J connectivity index is 1.88. The van der Waals surface area contributed by atoms with Gasteiger partial charge in [-0.15, -0.1) is 0 Å². The molecule has 2 unspecified atom stereocenters. The first-order valence-electron chi connectivity index (χ1n) is 7.21. The van der Waals surface area contributed by atoms with E-state index in [0.29, 0.717) is 31.2 Å². The second-order valence-corrected chi connectivity index (χ2v) is 6.20. The number of hydrogen-bond acceptors (Lipinski definition) is 3. The predicted octanol–water partition coefficient (Wildman–Crippen LogP) is 2.94. The van der Waals surface area contributed by atoms with Gasteiger partial charge in [0, 0.05) is 37.2 Å². The van der Waals surface area contributed by atoms with Crippen LogP contribution in [0.4, 0.5) is 13.2 Å². The molecule has 1 aromatic rings. The molecule has 2 atom stereocenters. The number of β-amino-alcohol motifs (C(OH)–C–C–N with tert-alkyl or cyclic N) is 1. The quantitative estimate of drug-likeness (QED) is 0.916. The van der Waals surface area contributed by atoms with E-state index in [1.165, 1.54) is 4.90 Å². The zero-order chi connectivity index (χ0) is 16.3. The highest BCUT2D eigenvalue weighted by atomic mass is 35.5. The van der Waals surface area contributed by atoms with Crippen molar-refractivity contribution in [2.75, 3.05) is 32.7 Å². The minimum absolute atomic E-state index is 0.193. The monoisotopic (exact) mass is 336 g/mol. The standard InChI is InChI=1S/C15H20ClF3N2O/c1-11-8-20(5-6-21(11)10-15(17,18)19)9-14(22)12-3-2-4-13(16)7-12/h2-4,7,11,14,22H,5-6,8-10H2,1H3. The van der Waals surface area contributed by atoms with Crippen molar-refractivity contribution in [2.45, 2.75) is 25.2 Å². The summed E-state index contributed by atoms with van der Waals surface area (Å²) in [6.45, 7) is 2.67. The summed E-state index contributed by atoms with van der Waals surface area (Å²) in [5, 5.41) is 10.8. The van der Waals surface area contributed by atoms with Crippen LogP contribution in [0.25, 0.3) is 0 Å². The fraction of sp³-hybridized carbons (Fsp3) is 0.600. The van der Waals surface area contributed by atoms with Gasteiger partial charge >= 0.3 is 6.18 Å². The Morgan fingerprint density at radius 3 is 2.68 bits per heavy atom. The molecular formula is C15H20ClF3N2O. The zero-order valence-corrected chi connectivity index (χ0v) is 13.1. The molecule has 1 aromatic carbocycles. The number of hydrogen-bond donors (Lipinski definition) is 1. The van der Waals surface area contributed by atoms with Gasteiger partial charge in [-0.05, 0) is 24.6 Å². The van der Waals surface area contributed by atoms with Gasteiger partial charge in [0.1, 0.15) is 0 Å². The van der Waals surface area contributed by atoms with Crippen LogP contribution in [0.1, 0.15) is 18.6 Å². The summed E-state index contributed by atoms with van der Waals surface area (Å²) < 4.78 is 37.4. The number of nitrogens with zero attached hydrogens (tertiary/aromatic N) is 2. The first-order valence-corrected chi connectivity index (χ1v) is 7.59. The molecular weight excluding hydrogens is 317 g/mol. The van der Waals surface area contributed by atoms with Crippen molar-refractivity contribution in [3.05, 3.63) is 34.9 Å². The van der Waals surface area contributed by atoms with E-state index < -0.39 is 18.8 Å². The van der Waals surface area contributed by atoms with Gasteiger partial charge in [0.2, 0.25) is 0 Å². The molecule has 7 heteroatoms. The average molecular weight is 337 g/mol. The number of alkyl halides is 3. The molecule has 0 aliphatic carbocycles. The number of aliphatic hydroxyl groups is 1. The second kappa shape index (κ2) is 7.17. The summed E-state index contributed by atoms with van der Waals surface area (Å²) >= 11 is 5.90. The van der Waals surface area contributed by atoms with Crippen molar-refractivity contribution in [3.8, 4) is 0 Å². The van der Waals surface area contributed by atoms with Crippen LogP contribution in [-0.4, -0.2) is 59.8 Å². The lowest BCUT2D eigenvalue weighted by atomic mass is 10.1. The van der Waals surface area contributed by atoms with Crippen LogP contribution in [0.15, 0.2) is 24.3 Å². The molecule has 2 rings (SSSR count). The SMILES string of the molecule is CC1CN(CC(O)c2cccc(Cl)c2)CCN1CC(F)(F)F. The number of piperazine rings is 1. The van der Waals surface area contributed by atoms with Gasteiger partial charge < -0.3 is 5.11 Å². The lowest BCUT2D eigenvalue weighted by molar-refractivity contribution is -0.155. The molecule has 1 fully saturated rings. The molecule has 1 aliphatic heterocycles. The zero-order valence-electron chi connectivity index (χ0n) is 12.4. The van der Waals surface area contributed by atoms with E-state index in [1.54, 1.807) is 31.2 Å². The Kier molecular flexibility index (Phi) is 5.71. The molecule has 0 spiro atoms. The van der Waals surface area contributed by atoms with Crippen molar-refractivity contribution in [3.63, 3.8) is 0 Å². The van der Waals surface area contributed by atoms with Gasteiger partial charge in [-0.25, -0.2) is 0 Å². The van der Waals surface area contributed by atoms with Crippen molar-refractivity contribution in [1.29, 1.82) is 0 Å². The average Bonchev–Trinajstić information content (AvgIpc) is 2.40. The number of halogens is 4. The fourth-order valence-electron chi connectivity index (χ4n) is 2.77. The fourth-order valence-corrected chi connectivity index (χ4v) is 2.96. The third kappa shape index (κ3) is 5.12. The summed E-state index contributed by atoms with van der Waals surface area (Å²) in [7, 11) is 0. The molecule has 0 amide bonds. The van der Waals surface area contributed by atoms with Crippen molar-refractivity contribution in [2.24, 2.45) is 0 Å². The third-order valence-electron chi connectivity index (χ3n) is 3.90. The van der Waals surface area contributed by atoms with Crippen LogP contribution >= 0.6 is 11.6 Å². The van der Waals surface area contributed by atoms with Gasteiger partial charge in [-0.1, -0.05) is 23.7 Å². The Bertz CT molecular complexity index is 498. The number of benzene rings is 1. The van der Waals surface area contributed by atoms with Crippen molar-refractivity contribution < 1.29 is 18.3 Å². The molecule has 124 valence electrons. The van der Waals surface area contributed by atoms with Crippen LogP contribution in [-0.2, 0) is 0 Å². The predicted molar refractivity (Wildman–Crippen MR) is 79.9 cm³/mol. The molecule has 1 heterocycles. The Hall–Kier alpha value is -0.820. The van der Waals surface area contributed by atoms with Crippen LogP contribution in [0.5, 0.6) is 0 Å². The molecule has 22 heavy (non-hydrogen) atoms. The summed E-state index contributed by atoms with van der Waals surface area (Å²) in [6.07, 6.45) is -4.86. The maximum absolute atomic E-state index is 12.5. The smallest absolute Gasteiger partial charge is 0.387 e. The van der Waals surface area contributed by atoms with E-state index in [0.717, 1.165) is 5.56 Å². The molecule has 0 bridgehead atoms. The van der Waals surface area contributed by atoms with E-state index in [4.69, 9.17) is 11.6 Å². The molecule has 0 radical (unpaired) electrons. The summed E-state index contributed by atoms with van der Waals surface area (Å²) in [6, 6.07) is 6.80. The third-order valence-corrected chi connectivity index (χ3v) is 4.13. The minimum atomic E-state index is -4.17. The highest BCUT2D eigenvalue weighted by molar-refractivity contribution is 6.30. The first-order chi connectivity index (χ1) is 10.2. The van der Waals surface area contributed by atoms with Gasteiger partial charge in [0.05, 0.1) is 12.6 Å². The Labute approximate surface area is 133 Å². The van der Waals surface area contributed by atoms with Crippen molar-refractivity contribution >= 4 is 11.6 Å². The lowest BCUT2D eigenvalue weighted by Crippen LogP contribution is -2.54. The van der Waals surface area contributed by atoms with Crippen LogP contribution in [0, 0.1) is 0 Å². The maximum Gasteiger partial charge on any atom is 0.401 e. The van der Waals surface area contributed by atoms with E-state index in [1.807, 2.05) is 4.90 Å². The van der Waals surface area contributed by atoms with E-state index in [2.05, 4.69) is 0 Å². The topological polar surface area (TPSA) is 26.7 Å². The molecule has 3 nitrogen and oxygen atoms in total. The molecule has 1 aliphatic rings. The largest absolute Gasteiger partial charge is 0.401 e. The van der Waals surface area contributed by atoms with Gasteiger partial charge in [-0.2, -0.15) is 13.2 Å². The molecule has 1 saturated heterocycles. The minimum Gasteiger partial charge on any atom is -0.387 e. The van der Waals surface area contributed by atoms with E-state index in [-0.39, 0.29) is 6.04 Å². The number of aliphatic hydroxyl groups excluding tert-OH is 1. The Morgan fingerprint density at radius 1 is 1.36 bits per heavy atom. The second-order valence-electron chi connectivity index (χ2n) is 5.77. The highest BCUT2D eigenvalue weighted by Gasteiger charge is 2.35. The molecule has 1 N–H and O–H groups in total. The summed E-state index contributed by atoms with van der Waals surface area (Å²) in [5.74, 6) is 0. The van der Waals surface area contributed by atoms with E-state index >= 15 is 0 Å². The first kappa shape index (κ1) is 17.5. The van der Waals surface area contributed by atoms with Gasteiger partial charge in [-0.3, -0.25) is 9.80 Å². The van der Waals surface area contributed by atoms with Crippen LogP contribution in [0.3, 0.4) is 0 Å². The number of rotatable bonds is 4. The van der Waals surface area contributed by atoms with Gasteiger partial charge in [0.25, 0.3) is 0 Å². The normalized spacial score (nSPS) is 22.7. The van der Waals surface area contributed by atoms with Gasteiger partial charge in [0.15, 0.2) is 0 Å².